The monoisotopic (exact) mass is 449 g/mol. The van der Waals surface area contributed by atoms with Crippen molar-refractivity contribution in [2.24, 2.45) is 0 Å². The zero-order chi connectivity index (χ0) is 16.8. The Morgan fingerprint density at radius 1 is 1.46 bits per heavy atom. The molecule has 24 heavy (non-hydrogen) atoms. The minimum atomic E-state index is 0.302. The number of hydrogen-bond donors (Lipinski definition) is 1. The van der Waals surface area contributed by atoms with Crippen molar-refractivity contribution in [1.29, 1.82) is 0 Å². The molecule has 1 N–H and O–H groups in total. The van der Waals surface area contributed by atoms with Crippen LogP contribution in [0, 0.1) is 0 Å². The van der Waals surface area contributed by atoms with Gasteiger partial charge in [-0.3, -0.25) is 0 Å². The fourth-order valence-electron chi connectivity index (χ4n) is 2.22. The van der Waals surface area contributed by atoms with Crippen LogP contribution in [0.25, 0.3) is 0 Å². The first-order valence-electron chi connectivity index (χ1n) is 7.60. The first-order valence-corrected chi connectivity index (χ1v) is 10.6. The van der Waals surface area contributed by atoms with E-state index in [1.54, 1.807) is 23.1 Å². The van der Waals surface area contributed by atoms with Gasteiger partial charge in [0.2, 0.25) is 5.13 Å². The highest BCUT2D eigenvalue weighted by Crippen LogP contribution is 2.29. The zero-order valence-corrected chi connectivity index (χ0v) is 16.8. The molecule has 2 aromatic rings. The second-order valence-electron chi connectivity index (χ2n) is 5.16. The topological polar surface area (TPSA) is 56.3 Å². The van der Waals surface area contributed by atoms with Gasteiger partial charge in [-0.1, -0.05) is 34.7 Å². The van der Waals surface area contributed by atoms with Gasteiger partial charge >= 0.3 is 0 Å². The SMILES string of the molecule is Clc1ccc(OCCSc2nnc(NCC3CCCO3)s2)c(Br)c1. The van der Waals surface area contributed by atoms with E-state index in [0.717, 1.165) is 51.4 Å². The molecule has 5 nitrogen and oxygen atoms in total. The van der Waals surface area contributed by atoms with Gasteiger partial charge in [0, 0.05) is 23.9 Å². The number of aromatic nitrogens is 2. The Morgan fingerprint density at radius 2 is 2.38 bits per heavy atom. The molecule has 0 saturated carbocycles. The second kappa shape index (κ2) is 9.24. The van der Waals surface area contributed by atoms with Gasteiger partial charge in [-0.2, -0.15) is 0 Å². The fraction of sp³-hybridized carbons (Fsp3) is 0.467. The van der Waals surface area contributed by atoms with E-state index >= 15 is 0 Å². The van der Waals surface area contributed by atoms with Gasteiger partial charge in [0.15, 0.2) is 4.34 Å². The summed E-state index contributed by atoms with van der Waals surface area (Å²) < 4.78 is 13.1. The predicted molar refractivity (Wildman–Crippen MR) is 103 cm³/mol. The molecule has 1 aliphatic heterocycles. The first-order chi connectivity index (χ1) is 11.7. The zero-order valence-electron chi connectivity index (χ0n) is 12.8. The van der Waals surface area contributed by atoms with Crippen molar-refractivity contribution in [3.8, 4) is 5.75 Å². The van der Waals surface area contributed by atoms with E-state index in [9.17, 15) is 0 Å². The molecule has 1 fully saturated rings. The Labute approximate surface area is 162 Å². The Balaban J connectivity index is 1.37. The van der Waals surface area contributed by atoms with Gasteiger partial charge in [0.1, 0.15) is 5.75 Å². The van der Waals surface area contributed by atoms with E-state index in [2.05, 4.69) is 31.4 Å². The number of hydrogen-bond acceptors (Lipinski definition) is 7. The van der Waals surface area contributed by atoms with Crippen molar-refractivity contribution in [3.63, 3.8) is 0 Å². The summed E-state index contributed by atoms with van der Waals surface area (Å²) in [6.07, 6.45) is 2.56. The number of benzene rings is 1. The summed E-state index contributed by atoms with van der Waals surface area (Å²) in [5.41, 5.74) is 0. The third kappa shape index (κ3) is 5.49. The Morgan fingerprint density at radius 3 is 3.17 bits per heavy atom. The summed E-state index contributed by atoms with van der Waals surface area (Å²) in [5.74, 6) is 1.59. The lowest BCUT2D eigenvalue weighted by molar-refractivity contribution is 0.120. The van der Waals surface area contributed by atoms with Crippen LogP contribution in [0.3, 0.4) is 0 Å². The van der Waals surface area contributed by atoms with Gasteiger partial charge in [0.05, 0.1) is 17.2 Å². The van der Waals surface area contributed by atoms with Crippen LogP contribution in [0.2, 0.25) is 5.02 Å². The van der Waals surface area contributed by atoms with Crippen LogP contribution in [-0.4, -0.2) is 41.8 Å². The fourth-order valence-corrected chi connectivity index (χ4v) is 4.66. The highest BCUT2D eigenvalue weighted by molar-refractivity contribution is 9.10. The van der Waals surface area contributed by atoms with Crippen LogP contribution in [0.15, 0.2) is 27.0 Å². The summed E-state index contributed by atoms with van der Waals surface area (Å²) in [6, 6.07) is 5.49. The van der Waals surface area contributed by atoms with E-state index in [4.69, 9.17) is 21.1 Å². The number of ether oxygens (including phenoxy) is 2. The molecule has 3 rings (SSSR count). The van der Waals surface area contributed by atoms with Crippen molar-refractivity contribution in [2.45, 2.75) is 23.3 Å². The molecule has 2 heterocycles. The van der Waals surface area contributed by atoms with Gasteiger partial charge < -0.3 is 14.8 Å². The van der Waals surface area contributed by atoms with Gasteiger partial charge in [0.25, 0.3) is 0 Å². The maximum atomic E-state index is 5.91. The van der Waals surface area contributed by atoms with Crippen LogP contribution in [0.1, 0.15) is 12.8 Å². The normalized spacial score (nSPS) is 17.2. The molecule has 1 aromatic carbocycles. The van der Waals surface area contributed by atoms with E-state index in [1.807, 2.05) is 18.2 Å². The molecule has 9 heteroatoms. The van der Waals surface area contributed by atoms with Crippen molar-refractivity contribution in [1.82, 2.24) is 10.2 Å². The van der Waals surface area contributed by atoms with Gasteiger partial charge in [-0.25, -0.2) is 0 Å². The number of nitrogens with one attached hydrogen (secondary N) is 1. The van der Waals surface area contributed by atoms with E-state index in [0.29, 0.717) is 17.7 Å². The minimum Gasteiger partial charge on any atom is -0.492 e. The predicted octanol–water partition coefficient (Wildman–Crippen LogP) is 4.72. The number of anilines is 1. The summed E-state index contributed by atoms with van der Waals surface area (Å²) in [4.78, 5) is 0. The summed E-state index contributed by atoms with van der Waals surface area (Å²) in [7, 11) is 0. The van der Waals surface area contributed by atoms with Crippen LogP contribution in [0.4, 0.5) is 5.13 Å². The molecule has 0 bridgehead atoms. The van der Waals surface area contributed by atoms with Crippen LogP contribution in [0.5, 0.6) is 5.75 Å². The van der Waals surface area contributed by atoms with E-state index < -0.39 is 0 Å². The molecule has 1 unspecified atom stereocenters. The van der Waals surface area contributed by atoms with Crippen molar-refractivity contribution in [2.75, 3.05) is 30.8 Å². The molecule has 0 spiro atoms. The third-order valence-electron chi connectivity index (χ3n) is 3.37. The molecule has 0 amide bonds. The first kappa shape index (κ1) is 18.3. The lowest BCUT2D eigenvalue weighted by Crippen LogP contribution is -2.18. The number of halogens is 2. The summed E-state index contributed by atoms with van der Waals surface area (Å²) in [5, 5.41) is 13.2. The minimum absolute atomic E-state index is 0.302. The average Bonchev–Trinajstić information content (AvgIpc) is 3.23. The molecule has 1 atom stereocenters. The highest BCUT2D eigenvalue weighted by atomic mass is 79.9. The van der Waals surface area contributed by atoms with Crippen molar-refractivity contribution in [3.05, 3.63) is 27.7 Å². The lowest BCUT2D eigenvalue weighted by Gasteiger charge is -2.08. The largest absolute Gasteiger partial charge is 0.492 e. The number of rotatable bonds is 8. The maximum absolute atomic E-state index is 5.91. The molecule has 130 valence electrons. The number of nitrogens with zero attached hydrogens (tertiary/aromatic N) is 2. The smallest absolute Gasteiger partial charge is 0.206 e. The molecule has 1 saturated heterocycles. The third-order valence-corrected chi connectivity index (χ3v) is 6.21. The van der Waals surface area contributed by atoms with Crippen LogP contribution < -0.4 is 10.1 Å². The Kier molecular flexibility index (Phi) is 7.03. The molecule has 0 radical (unpaired) electrons. The van der Waals surface area contributed by atoms with E-state index in [-0.39, 0.29) is 0 Å². The Hall–Kier alpha value is -0.540. The molecule has 1 aliphatic rings. The average molecular weight is 451 g/mol. The van der Waals surface area contributed by atoms with Crippen molar-refractivity contribution < 1.29 is 9.47 Å². The Bertz CT molecular complexity index is 668. The molecular formula is C15H17BrClN3O2S2. The number of thioether (sulfide) groups is 1. The highest BCUT2D eigenvalue weighted by Gasteiger charge is 2.15. The second-order valence-corrected chi connectivity index (χ2v) is 8.77. The van der Waals surface area contributed by atoms with Gasteiger partial charge in [-0.15, -0.1) is 10.2 Å². The molecular weight excluding hydrogens is 434 g/mol. The van der Waals surface area contributed by atoms with E-state index in [1.165, 1.54) is 0 Å². The quantitative estimate of drug-likeness (QED) is 0.464. The molecule has 0 aliphatic carbocycles. The lowest BCUT2D eigenvalue weighted by atomic mass is 10.2. The summed E-state index contributed by atoms with van der Waals surface area (Å²) in [6.45, 7) is 2.25. The summed E-state index contributed by atoms with van der Waals surface area (Å²) >= 11 is 12.5. The van der Waals surface area contributed by atoms with Crippen molar-refractivity contribution >= 4 is 55.8 Å². The molecule has 1 aromatic heterocycles. The maximum Gasteiger partial charge on any atom is 0.206 e. The van der Waals surface area contributed by atoms with Crippen LogP contribution in [-0.2, 0) is 4.74 Å². The van der Waals surface area contributed by atoms with Crippen LogP contribution >= 0.6 is 50.6 Å². The standard InChI is InChI=1S/C15H17BrClN3O2S2/c16-12-8-10(17)3-4-13(12)22-6-7-23-15-20-19-14(24-15)18-9-11-2-1-5-21-11/h3-4,8,11H,1-2,5-7,9H2,(H,18,19). The van der Waals surface area contributed by atoms with Gasteiger partial charge in [-0.05, 0) is 47.0 Å².